The van der Waals surface area contributed by atoms with Crippen LogP contribution in [0.5, 0.6) is 0 Å². The zero-order valence-corrected chi connectivity index (χ0v) is 24.7. The molecule has 0 radical (unpaired) electrons. The Bertz CT molecular complexity index is 1500. The van der Waals surface area contributed by atoms with Gasteiger partial charge in [-0.2, -0.15) is 0 Å². The molecule has 0 bridgehead atoms. The van der Waals surface area contributed by atoms with Gasteiger partial charge in [0.25, 0.3) is 5.91 Å². The Morgan fingerprint density at radius 3 is 2.45 bits per heavy atom. The first-order chi connectivity index (χ1) is 19.2. The number of carbonyl (C=O) groups is 1. The molecule has 208 valence electrons. The summed E-state index contributed by atoms with van der Waals surface area (Å²) in [6.07, 6.45) is 1.54. The third kappa shape index (κ3) is 6.95. The number of halogens is 1. The molecule has 40 heavy (non-hydrogen) atoms. The van der Waals surface area contributed by atoms with Crippen molar-refractivity contribution in [2.45, 2.75) is 27.3 Å². The number of nitrogens with one attached hydrogen (secondary N) is 3. The van der Waals surface area contributed by atoms with Gasteiger partial charge in [0.15, 0.2) is 5.13 Å². The summed E-state index contributed by atoms with van der Waals surface area (Å²) < 4.78 is 0. The lowest BCUT2D eigenvalue weighted by Crippen LogP contribution is -2.43. The van der Waals surface area contributed by atoms with Gasteiger partial charge in [0, 0.05) is 44.5 Å². The van der Waals surface area contributed by atoms with Crippen molar-refractivity contribution in [1.29, 1.82) is 0 Å². The fourth-order valence-electron chi connectivity index (χ4n) is 4.55. The molecule has 3 N–H and O–H groups in total. The monoisotopic (exact) mass is 576 g/mol. The van der Waals surface area contributed by atoms with Gasteiger partial charge in [0.05, 0.1) is 16.9 Å². The highest BCUT2D eigenvalue weighted by molar-refractivity contribution is 7.17. The molecular weight excluding hydrogens is 544 g/mol. The summed E-state index contributed by atoms with van der Waals surface area (Å²) in [4.78, 5) is 31.5. The van der Waals surface area contributed by atoms with Crippen molar-refractivity contribution in [2.24, 2.45) is 0 Å². The molecule has 0 atom stereocenters. The van der Waals surface area contributed by atoms with Crippen molar-refractivity contribution < 1.29 is 4.79 Å². The smallest absolute Gasteiger partial charge is 0.267 e. The average molecular weight is 577 g/mol. The summed E-state index contributed by atoms with van der Waals surface area (Å²) in [6.45, 7) is 11.3. The zero-order valence-electron chi connectivity index (χ0n) is 23.1. The van der Waals surface area contributed by atoms with E-state index in [0.29, 0.717) is 38.2 Å². The molecule has 11 heteroatoms. The minimum atomic E-state index is -0.269. The number of aromatic nitrogens is 3. The number of para-hydroxylation sites is 1. The number of amides is 1. The molecule has 9 nitrogen and oxygen atoms in total. The normalized spacial score (nSPS) is 14.2. The summed E-state index contributed by atoms with van der Waals surface area (Å²) in [5.41, 5.74) is 5.03. The molecule has 3 heterocycles. The molecule has 2 aromatic heterocycles. The van der Waals surface area contributed by atoms with E-state index in [9.17, 15) is 4.79 Å². The van der Waals surface area contributed by atoms with Gasteiger partial charge in [-0.05, 0) is 62.7 Å². The lowest BCUT2D eigenvalue weighted by Gasteiger charge is -2.32. The van der Waals surface area contributed by atoms with Gasteiger partial charge in [-0.25, -0.2) is 15.0 Å². The SMILES string of the molecule is Cc1nc(Nc2ccc(CN3CCN(C)CC3)c(C)c2)cc(Nc2ncc(C(=O)Nc3c(C)cccc3Cl)s2)n1. The van der Waals surface area contributed by atoms with Crippen molar-refractivity contribution in [3.63, 3.8) is 0 Å². The number of piperazine rings is 1. The van der Waals surface area contributed by atoms with Crippen molar-refractivity contribution in [1.82, 2.24) is 24.8 Å². The molecule has 0 spiro atoms. The molecule has 1 amide bonds. The van der Waals surface area contributed by atoms with E-state index in [2.05, 4.69) is 72.9 Å². The standard InChI is InChI=1S/C29H33ClN8OS/c1-18-6-5-7-23(30)27(18)36-28(39)24-16-31-29(40-24)35-26-15-25(32-20(3)33-26)34-22-9-8-21(19(2)14-22)17-38-12-10-37(4)11-13-38/h5-9,14-16H,10-13,17H2,1-4H3,(H,36,39)(H2,31,32,33,34,35). The van der Waals surface area contributed by atoms with Gasteiger partial charge in [-0.15, -0.1) is 0 Å². The Labute approximate surface area is 243 Å². The van der Waals surface area contributed by atoms with E-state index in [4.69, 9.17) is 11.6 Å². The average Bonchev–Trinajstić information content (AvgIpc) is 3.37. The highest BCUT2D eigenvalue weighted by Gasteiger charge is 2.16. The second-order valence-electron chi connectivity index (χ2n) is 10.1. The number of benzene rings is 2. The van der Waals surface area contributed by atoms with Crippen LogP contribution < -0.4 is 16.0 Å². The molecule has 0 unspecified atom stereocenters. The lowest BCUT2D eigenvalue weighted by molar-refractivity contribution is 0.103. The van der Waals surface area contributed by atoms with Crippen LogP contribution in [-0.2, 0) is 6.54 Å². The number of hydrogen-bond donors (Lipinski definition) is 3. The molecule has 1 saturated heterocycles. The molecule has 5 rings (SSSR count). The van der Waals surface area contributed by atoms with Crippen LogP contribution in [0.3, 0.4) is 0 Å². The highest BCUT2D eigenvalue weighted by Crippen LogP contribution is 2.28. The number of carbonyl (C=O) groups excluding carboxylic acids is 1. The Morgan fingerprint density at radius 2 is 1.73 bits per heavy atom. The van der Waals surface area contributed by atoms with E-state index in [1.165, 1.54) is 28.7 Å². The predicted molar refractivity (Wildman–Crippen MR) is 164 cm³/mol. The van der Waals surface area contributed by atoms with Crippen LogP contribution in [0.25, 0.3) is 0 Å². The molecule has 1 aliphatic heterocycles. The van der Waals surface area contributed by atoms with Crippen molar-refractivity contribution in [3.8, 4) is 0 Å². The maximum atomic E-state index is 12.8. The zero-order chi connectivity index (χ0) is 28.2. The Kier molecular flexibility index (Phi) is 8.60. The predicted octanol–water partition coefficient (Wildman–Crippen LogP) is 6.00. The van der Waals surface area contributed by atoms with Gasteiger partial charge in [-0.3, -0.25) is 9.69 Å². The molecule has 1 aliphatic rings. The van der Waals surface area contributed by atoms with Crippen LogP contribution in [0.1, 0.15) is 32.2 Å². The topological polar surface area (TPSA) is 98.3 Å². The first-order valence-electron chi connectivity index (χ1n) is 13.2. The van der Waals surface area contributed by atoms with E-state index >= 15 is 0 Å². The number of anilines is 5. The van der Waals surface area contributed by atoms with Crippen LogP contribution in [-0.4, -0.2) is 63.9 Å². The van der Waals surface area contributed by atoms with Crippen LogP contribution in [0.2, 0.25) is 5.02 Å². The van der Waals surface area contributed by atoms with Crippen LogP contribution in [0.15, 0.2) is 48.7 Å². The molecule has 0 aliphatic carbocycles. The lowest BCUT2D eigenvalue weighted by atomic mass is 10.1. The minimum absolute atomic E-state index is 0.269. The largest absolute Gasteiger partial charge is 0.340 e. The summed E-state index contributed by atoms with van der Waals surface area (Å²) >= 11 is 7.49. The van der Waals surface area contributed by atoms with Gasteiger partial charge >= 0.3 is 0 Å². The first-order valence-corrected chi connectivity index (χ1v) is 14.4. The molecular formula is C29H33ClN8OS. The third-order valence-corrected chi connectivity index (χ3v) is 8.09. The minimum Gasteiger partial charge on any atom is -0.340 e. The van der Waals surface area contributed by atoms with Crippen LogP contribution in [0.4, 0.5) is 28.1 Å². The number of hydrogen-bond acceptors (Lipinski definition) is 9. The number of rotatable bonds is 8. The molecule has 4 aromatic rings. The van der Waals surface area contributed by atoms with E-state index < -0.39 is 0 Å². The summed E-state index contributed by atoms with van der Waals surface area (Å²) in [7, 11) is 2.18. The maximum Gasteiger partial charge on any atom is 0.267 e. The van der Waals surface area contributed by atoms with Crippen LogP contribution in [0, 0.1) is 20.8 Å². The Hall–Kier alpha value is -3.57. The van der Waals surface area contributed by atoms with E-state index in [1.54, 1.807) is 6.07 Å². The van der Waals surface area contributed by atoms with Crippen LogP contribution >= 0.6 is 22.9 Å². The quantitative estimate of drug-likeness (QED) is 0.235. The molecule has 1 fully saturated rings. The second kappa shape index (κ2) is 12.3. The maximum absolute atomic E-state index is 12.8. The Balaban J connectivity index is 1.23. The van der Waals surface area contributed by atoms with Crippen molar-refractivity contribution >= 4 is 57.0 Å². The number of nitrogens with zero attached hydrogens (tertiary/aromatic N) is 5. The van der Waals surface area contributed by atoms with E-state index in [-0.39, 0.29) is 5.91 Å². The summed E-state index contributed by atoms with van der Waals surface area (Å²) in [6, 6.07) is 13.8. The van der Waals surface area contributed by atoms with Gasteiger partial charge in [0.1, 0.15) is 22.3 Å². The third-order valence-electron chi connectivity index (χ3n) is 6.87. The fraction of sp³-hybridized carbons (Fsp3) is 0.310. The molecule has 0 saturated carbocycles. The second-order valence-corrected chi connectivity index (χ2v) is 11.5. The molecule has 2 aromatic carbocycles. The van der Waals surface area contributed by atoms with Gasteiger partial charge in [-0.1, -0.05) is 41.1 Å². The summed E-state index contributed by atoms with van der Waals surface area (Å²) in [5, 5.41) is 10.5. The van der Waals surface area contributed by atoms with Crippen molar-refractivity contribution in [2.75, 3.05) is 49.2 Å². The number of likely N-dealkylation sites (N-methyl/N-ethyl adjacent to an activating group) is 1. The van der Waals surface area contributed by atoms with Gasteiger partial charge < -0.3 is 20.9 Å². The van der Waals surface area contributed by atoms with E-state index in [0.717, 1.165) is 44.0 Å². The first kappa shape index (κ1) is 28.0. The highest BCUT2D eigenvalue weighted by atomic mass is 35.5. The van der Waals surface area contributed by atoms with Crippen molar-refractivity contribution in [3.05, 3.63) is 81.1 Å². The fourth-order valence-corrected chi connectivity index (χ4v) is 5.54. The van der Waals surface area contributed by atoms with E-state index in [1.807, 2.05) is 32.0 Å². The number of aryl methyl sites for hydroxylation is 3. The van der Waals surface area contributed by atoms with Gasteiger partial charge in [0.2, 0.25) is 0 Å². The Morgan fingerprint density at radius 1 is 0.975 bits per heavy atom. The number of thiazole rings is 1. The summed E-state index contributed by atoms with van der Waals surface area (Å²) in [5.74, 6) is 1.60.